The van der Waals surface area contributed by atoms with Crippen LogP contribution >= 0.6 is 0 Å². The van der Waals surface area contributed by atoms with Gasteiger partial charge in [-0.3, -0.25) is 0 Å². The molecule has 17 heavy (non-hydrogen) atoms. The molecule has 0 amide bonds. The molecule has 1 aromatic carbocycles. The van der Waals surface area contributed by atoms with Gasteiger partial charge in [0.1, 0.15) is 0 Å². The van der Waals surface area contributed by atoms with Gasteiger partial charge in [-0.05, 0) is 25.9 Å². The van der Waals surface area contributed by atoms with Gasteiger partial charge in [-0.15, -0.1) is 0 Å². The third-order valence-corrected chi connectivity index (χ3v) is 2.40. The third kappa shape index (κ3) is 7.64. The molecule has 0 heterocycles. The summed E-state index contributed by atoms with van der Waals surface area (Å²) in [4.78, 5) is 1.44. The second-order valence-corrected chi connectivity index (χ2v) is 4.22. The molecule has 0 aliphatic rings. The molecule has 0 atom stereocenters. The number of rotatable bonds is 5. The van der Waals surface area contributed by atoms with Crippen LogP contribution < -0.4 is 51.4 Å². The van der Waals surface area contributed by atoms with E-state index in [1.165, 1.54) is 4.90 Å². The summed E-state index contributed by atoms with van der Waals surface area (Å²) in [5, 5.41) is 0. The summed E-state index contributed by atoms with van der Waals surface area (Å²) in [5.41, 5.74) is 0.913. The van der Waals surface area contributed by atoms with Crippen LogP contribution in [0, 0.1) is 0 Å². The molecule has 0 aliphatic heterocycles. The molecule has 0 unspecified atom stereocenters. The van der Waals surface area contributed by atoms with E-state index in [-0.39, 0.29) is 57.4 Å². The van der Waals surface area contributed by atoms with Gasteiger partial charge >= 0.3 is 58.4 Å². The van der Waals surface area contributed by atoms with Crippen molar-refractivity contribution in [1.82, 2.24) is 4.90 Å². The topological polar surface area (TPSA) is 3.24 Å². The normalized spacial score (nSPS) is 11.7. The fourth-order valence-electron chi connectivity index (χ4n) is 1.54. The Labute approximate surface area is 143 Å². The number of hydrogen-bond donors (Lipinski definition) is 0. The van der Waals surface area contributed by atoms with Gasteiger partial charge in [0.05, 0.1) is 0 Å². The third-order valence-electron chi connectivity index (χ3n) is 2.40. The maximum absolute atomic E-state index is 12.4. The van der Waals surface area contributed by atoms with Crippen LogP contribution in [0.4, 0.5) is 12.9 Å². The number of halogens is 3. The zero-order valence-corrected chi connectivity index (χ0v) is 13.7. The van der Waals surface area contributed by atoms with Crippen molar-refractivity contribution < 1.29 is 64.3 Å². The van der Waals surface area contributed by atoms with Crippen molar-refractivity contribution in [1.29, 1.82) is 0 Å². The molecule has 0 N–H and O–H groups in total. The van der Waals surface area contributed by atoms with Crippen LogP contribution in [0.25, 0.3) is 0 Å². The summed E-state index contributed by atoms with van der Waals surface area (Å²) in [6.07, 6.45) is -0.799. The first-order valence-electron chi connectivity index (χ1n) is 5.37. The van der Waals surface area contributed by atoms with Gasteiger partial charge in [0, 0.05) is 12.6 Å². The van der Waals surface area contributed by atoms with Gasteiger partial charge in [0.25, 0.3) is 0 Å². The first-order chi connectivity index (χ1) is 7.38. The fourth-order valence-corrected chi connectivity index (χ4v) is 1.54. The maximum atomic E-state index is 12.4. The van der Waals surface area contributed by atoms with Crippen LogP contribution in [-0.2, 0) is 6.54 Å². The Bertz CT molecular complexity index is 316. The molecule has 0 bridgehead atoms. The van der Waals surface area contributed by atoms with Crippen LogP contribution in [0.3, 0.4) is 0 Å². The smallest absolute Gasteiger partial charge is 0.448 e. The van der Waals surface area contributed by atoms with Gasteiger partial charge < -0.3 is 17.8 Å². The first-order valence-corrected chi connectivity index (χ1v) is 5.37. The second kappa shape index (κ2) is 7.97. The molecule has 1 aromatic rings. The van der Waals surface area contributed by atoms with Crippen LogP contribution in [0.15, 0.2) is 30.3 Å². The van der Waals surface area contributed by atoms with E-state index in [0.29, 0.717) is 6.54 Å². The van der Waals surface area contributed by atoms with Gasteiger partial charge in [0.15, 0.2) is 0 Å². The number of nitrogens with zero attached hydrogens (tertiary/aromatic N) is 1. The summed E-state index contributed by atoms with van der Waals surface area (Å²) in [6.45, 7) is -0.845. The summed E-state index contributed by atoms with van der Waals surface area (Å²) < 4.78 is 37.2. The standard InChI is InChI=1S/C11H16BF3N.K/c1-10(2)16(9-12(13,14)15)8-11-6-4-3-5-7-11;/h3-7,10H,8-9H2,1-2H3;/q-1;+1. The Morgan fingerprint density at radius 1 is 1.12 bits per heavy atom. The molecule has 6 heteroatoms. The monoisotopic (exact) mass is 269 g/mol. The summed E-state index contributed by atoms with van der Waals surface area (Å²) in [5.74, 6) is 0. The summed E-state index contributed by atoms with van der Waals surface area (Å²) >= 11 is 0. The zero-order valence-electron chi connectivity index (χ0n) is 10.5. The van der Waals surface area contributed by atoms with E-state index in [0.717, 1.165) is 5.56 Å². The largest absolute Gasteiger partial charge is 1.00 e. The van der Waals surface area contributed by atoms with Crippen LogP contribution in [-0.4, -0.2) is 24.4 Å². The molecule has 0 saturated heterocycles. The Balaban J connectivity index is 0.00000256. The van der Waals surface area contributed by atoms with E-state index in [2.05, 4.69) is 0 Å². The van der Waals surface area contributed by atoms with Gasteiger partial charge in [-0.25, -0.2) is 0 Å². The fraction of sp³-hybridized carbons (Fsp3) is 0.455. The number of benzene rings is 1. The molecule has 0 saturated carbocycles. The van der Waals surface area contributed by atoms with E-state index in [4.69, 9.17) is 0 Å². The molecule has 0 aliphatic carbocycles. The second-order valence-electron chi connectivity index (χ2n) is 4.22. The molecular formula is C11H16BF3KN. The van der Waals surface area contributed by atoms with Crippen molar-refractivity contribution >= 4 is 6.98 Å². The van der Waals surface area contributed by atoms with E-state index < -0.39 is 13.4 Å². The molecular weight excluding hydrogens is 253 g/mol. The minimum Gasteiger partial charge on any atom is -0.448 e. The van der Waals surface area contributed by atoms with Crippen molar-refractivity contribution in [3.63, 3.8) is 0 Å². The SMILES string of the molecule is CC(C)N(Cc1ccccc1)C[B-](F)(F)F.[K+]. The predicted octanol–water partition coefficient (Wildman–Crippen LogP) is 0.288. The van der Waals surface area contributed by atoms with Crippen molar-refractivity contribution in [2.75, 3.05) is 6.44 Å². The Kier molecular flexibility index (Phi) is 8.28. The van der Waals surface area contributed by atoms with Gasteiger partial charge in [-0.2, -0.15) is 0 Å². The van der Waals surface area contributed by atoms with E-state index in [1.807, 2.05) is 30.3 Å². The Hall–Kier alpha value is 0.671. The van der Waals surface area contributed by atoms with Crippen molar-refractivity contribution in [2.45, 2.75) is 26.4 Å². The molecule has 90 valence electrons. The average Bonchev–Trinajstić information content (AvgIpc) is 2.16. The van der Waals surface area contributed by atoms with Crippen LogP contribution in [0.5, 0.6) is 0 Å². The maximum Gasteiger partial charge on any atom is 1.00 e. The number of hydrogen-bond acceptors (Lipinski definition) is 1. The van der Waals surface area contributed by atoms with Gasteiger partial charge in [-0.1, -0.05) is 30.3 Å². The first kappa shape index (κ1) is 17.7. The minimum atomic E-state index is -4.76. The zero-order chi connectivity index (χ0) is 12.2. The molecule has 1 rings (SSSR count). The Morgan fingerprint density at radius 2 is 1.65 bits per heavy atom. The predicted molar refractivity (Wildman–Crippen MR) is 61.1 cm³/mol. The summed E-state index contributed by atoms with van der Waals surface area (Å²) in [6, 6.07) is 9.12. The Morgan fingerprint density at radius 3 is 2.06 bits per heavy atom. The molecule has 0 radical (unpaired) electrons. The van der Waals surface area contributed by atoms with E-state index in [9.17, 15) is 12.9 Å². The summed E-state index contributed by atoms with van der Waals surface area (Å²) in [7, 11) is 0. The average molecular weight is 269 g/mol. The molecule has 0 spiro atoms. The van der Waals surface area contributed by atoms with Crippen LogP contribution in [0.1, 0.15) is 19.4 Å². The van der Waals surface area contributed by atoms with Crippen molar-refractivity contribution in [3.8, 4) is 0 Å². The molecule has 1 nitrogen and oxygen atoms in total. The van der Waals surface area contributed by atoms with Crippen molar-refractivity contribution in [3.05, 3.63) is 35.9 Å². The van der Waals surface area contributed by atoms with Crippen molar-refractivity contribution in [2.24, 2.45) is 0 Å². The van der Waals surface area contributed by atoms with Crippen LogP contribution in [0.2, 0.25) is 0 Å². The molecule has 0 aromatic heterocycles. The quantitative estimate of drug-likeness (QED) is 0.694. The van der Waals surface area contributed by atoms with E-state index >= 15 is 0 Å². The van der Waals surface area contributed by atoms with Gasteiger partial charge in [0.2, 0.25) is 0 Å². The molecule has 0 fully saturated rings. The van der Waals surface area contributed by atoms with E-state index in [1.54, 1.807) is 13.8 Å². The minimum absolute atomic E-state index is 0.